The number of nitrogens with zero attached hydrogens (tertiary/aromatic N) is 4. The molecule has 0 radical (unpaired) electrons. The fourth-order valence-corrected chi connectivity index (χ4v) is 7.20. The van der Waals surface area contributed by atoms with Gasteiger partial charge in [0, 0.05) is 39.4 Å². The van der Waals surface area contributed by atoms with Crippen LogP contribution in [-0.2, 0) is 5.41 Å². The lowest BCUT2D eigenvalue weighted by atomic mass is 9.81. The molecule has 1 aromatic heterocycles. The zero-order chi connectivity index (χ0) is 30.8. The predicted molar refractivity (Wildman–Crippen MR) is 189 cm³/mol. The molecule has 9 rings (SSSR count). The number of benzene rings is 6. The molecule has 0 saturated heterocycles. The van der Waals surface area contributed by atoms with E-state index < -0.39 is 0 Å². The van der Waals surface area contributed by atoms with Crippen molar-refractivity contribution < 1.29 is 0 Å². The van der Waals surface area contributed by atoms with Crippen LogP contribution < -0.4 is 4.90 Å². The summed E-state index contributed by atoms with van der Waals surface area (Å²) < 4.78 is 0. The molecule has 6 aromatic carbocycles. The second-order valence-corrected chi connectivity index (χ2v) is 12.5. The van der Waals surface area contributed by atoms with Crippen molar-refractivity contribution in [3.8, 4) is 45.3 Å². The summed E-state index contributed by atoms with van der Waals surface area (Å²) in [5.41, 5.74) is 11.8. The molecular weight excluding hydrogens is 560 g/mol. The van der Waals surface area contributed by atoms with Gasteiger partial charge in [-0.25, -0.2) is 15.0 Å². The summed E-state index contributed by atoms with van der Waals surface area (Å²) in [6.45, 7) is 4.69. The van der Waals surface area contributed by atoms with Gasteiger partial charge in [-0.1, -0.05) is 123 Å². The van der Waals surface area contributed by atoms with Crippen LogP contribution in [0.2, 0.25) is 0 Å². The first-order valence-electron chi connectivity index (χ1n) is 15.7. The van der Waals surface area contributed by atoms with Crippen molar-refractivity contribution in [2.75, 3.05) is 4.90 Å². The first-order chi connectivity index (χ1) is 22.6. The Morgan fingerprint density at radius 2 is 1.15 bits per heavy atom. The first-order valence-corrected chi connectivity index (χ1v) is 15.7. The lowest BCUT2D eigenvalue weighted by Gasteiger charge is -2.29. The largest absolute Gasteiger partial charge is 0.316 e. The number of anilines is 2. The van der Waals surface area contributed by atoms with Crippen molar-refractivity contribution in [1.82, 2.24) is 15.0 Å². The summed E-state index contributed by atoms with van der Waals surface area (Å²) in [6.07, 6.45) is 4.51. The zero-order valence-corrected chi connectivity index (χ0v) is 25.6. The van der Waals surface area contributed by atoms with Gasteiger partial charge in [-0.2, -0.15) is 0 Å². The number of rotatable bonds is 4. The maximum absolute atomic E-state index is 4.98. The summed E-state index contributed by atoms with van der Waals surface area (Å²) in [4.78, 5) is 17.1. The molecule has 0 fully saturated rings. The van der Waals surface area contributed by atoms with Gasteiger partial charge >= 0.3 is 0 Å². The van der Waals surface area contributed by atoms with E-state index in [1.807, 2.05) is 60.7 Å². The Labute approximate surface area is 268 Å². The third-order valence-corrected chi connectivity index (χ3v) is 9.46. The summed E-state index contributed by atoms with van der Waals surface area (Å²) in [5, 5.41) is 2.54. The highest BCUT2D eigenvalue weighted by molar-refractivity contribution is 6.10. The normalized spacial score (nSPS) is 13.9. The Kier molecular flexibility index (Phi) is 5.81. The first kappa shape index (κ1) is 26.5. The lowest BCUT2D eigenvalue weighted by molar-refractivity contribution is 0.661. The van der Waals surface area contributed by atoms with Gasteiger partial charge in [-0.05, 0) is 63.5 Å². The average Bonchev–Trinajstić information content (AvgIpc) is 3.35. The molecule has 1 aliphatic carbocycles. The molecule has 218 valence electrons. The smallest absolute Gasteiger partial charge is 0.164 e. The molecule has 1 aliphatic heterocycles. The third-order valence-electron chi connectivity index (χ3n) is 9.46. The van der Waals surface area contributed by atoms with Crippen LogP contribution in [0.5, 0.6) is 0 Å². The second-order valence-electron chi connectivity index (χ2n) is 12.5. The van der Waals surface area contributed by atoms with Gasteiger partial charge in [-0.15, -0.1) is 0 Å². The summed E-state index contributed by atoms with van der Waals surface area (Å²) >= 11 is 0. The van der Waals surface area contributed by atoms with Crippen LogP contribution in [0.3, 0.4) is 0 Å². The maximum atomic E-state index is 4.98. The minimum atomic E-state index is -0.0479. The predicted octanol–water partition coefficient (Wildman–Crippen LogP) is 10.5. The van der Waals surface area contributed by atoms with E-state index in [4.69, 9.17) is 15.0 Å². The van der Waals surface area contributed by atoms with Crippen LogP contribution in [-0.4, -0.2) is 15.0 Å². The molecule has 0 saturated carbocycles. The Morgan fingerprint density at radius 1 is 0.543 bits per heavy atom. The summed E-state index contributed by atoms with van der Waals surface area (Å²) in [6, 6.07) is 46.6. The van der Waals surface area contributed by atoms with Gasteiger partial charge in [0.05, 0.1) is 5.69 Å². The minimum Gasteiger partial charge on any atom is -0.316 e. The SMILES string of the molecule is CC1(C)c2ccccc2-c2c1cc1cccc3c1c2C=CN3c1cccc(-c2nc(-c3ccccc3)nc(-c3ccccc3)n2)c1. The molecule has 2 aliphatic rings. The van der Waals surface area contributed by atoms with E-state index in [9.17, 15) is 0 Å². The Hall–Kier alpha value is -5.87. The monoisotopic (exact) mass is 590 g/mol. The van der Waals surface area contributed by atoms with E-state index in [2.05, 4.69) is 104 Å². The van der Waals surface area contributed by atoms with Crippen LogP contribution in [0.1, 0.15) is 30.5 Å². The molecule has 46 heavy (non-hydrogen) atoms. The van der Waals surface area contributed by atoms with Crippen LogP contribution in [0.25, 0.3) is 62.1 Å². The number of hydrogen-bond acceptors (Lipinski definition) is 4. The van der Waals surface area contributed by atoms with Gasteiger partial charge in [0.15, 0.2) is 17.5 Å². The number of fused-ring (bicyclic) bond motifs is 4. The molecule has 0 bridgehead atoms. The fourth-order valence-electron chi connectivity index (χ4n) is 7.20. The van der Waals surface area contributed by atoms with Gasteiger partial charge in [-0.3, -0.25) is 0 Å². The van der Waals surface area contributed by atoms with Crippen molar-refractivity contribution in [2.45, 2.75) is 19.3 Å². The average molecular weight is 591 g/mol. The molecular formula is C42H30N4. The lowest BCUT2D eigenvalue weighted by Crippen LogP contribution is -2.16. The highest BCUT2D eigenvalue weighted by Crippen LogP contribution is 2.54. The van der Waals surface area contributed by atoms with E-state index in [1.165, 1.54) is 44.3 Å². The molecule has 0 unspecified atom stereocenters. The summed E-state index contributed by atoms with van der Waals surface area (Å²) in [5.74, 6) is 1.96. The molecule has 4 nitrogen and oxygen atoms in total. The minimum absolute atomic E-state index is 0.0479. The molecule has 0 N–H and O–H groups in total. The van der Waals surface area contributed by atoms with Crippen molar-refractivity contribution in [1.29, 1.82) is 0 Å². The maximum Gasteiger partial charge on any atom is 0.164 e. The van der Waals surface area contributed by atoms with E-state index in [-0.39, 0.29) is 5.41 Å². The second kappa shape index (κ2) is 10.1. The van der Waals surface area contributed by atoms with E-state index >= 15 is 0 Å². The summed E-state index contributed by atoms with van der Waals surface area (Å²) in [7, 11) is 0. The highest BCUT2D eigenvalue weighted by atomic mass is 15.1. The Balaban J connectivity index is 1.19. The van der Waals surface area contributed by atoms with Crippen molar-refractivity contribution in [2.24, 2.45) is 0 Å². The van der Waals surface area contributed by atoms with Gasteiger partial charge in [0.25, 0.3) is 0 Å². The molecule has 0 amide bonds. The zero-order valence-electron chi connectivity index (χ0n) is 25.6. The third kappa shape index (κ3) is 4.04. The topological polar surface area (TPSA) is 41.9 Å². The van der Waals surface area contributed by atoms with Crippen molar-refractivity contribution in [3.63, 3.8) is 0 Å². The van der Waals surface area contributed by atoms with Gasteiger partial charge < -0.3 is 4.90 Å². The van der Waals surface area contributed by atoms with E-state index in [0.29, 0.717) is 17.5 Å². The highest BCUT2D eigenvalue weighted by Gasteiger charge is 2.38. The van der Waals surface area contributed by atoms with E-state index in [0.717, 1.165) is 22.4 Å². The molecule has 0 spiro atoms. The van der Waals surface area contributed by atoms with Gasteiger partial charge in [0.1, 0.15) is 0 Å². The Bertz CT molecular complexity index is 2280. The molecule has 2 heterocycles. The number of aromatic nitrogens is 3. The quantitative estimate of drug-likeness (QED) is 0.205. The van der Waals surface area contributed by atoms with Gasteiger partial charge in [0.2, 0.25) is 0 Å². The van der Waals surface area contributed by atoms with E-state index in [1.54, 1.807) is 0 Å². The van der Waals surface area contributed by atoms with Crippen LogP contribution in [0, 0.1) is 0 Å². The van der Waals surface area contributed by atoms with Crippen molar-refractivity contribution in [3.05, 3.63) is 156 Å². The van der Waals surface area contributed by atoms with Crippen LogP contribution in [0.15, 0.2) is 140 Å². The molecule has 4 heteroatoms. The van der Waals surface area contributed by atoms with Crippen LogP contribution >= 0.6 is 0 Å². The number of hydrogen-bond donors (Lipinski definition) is 0. The van der Waals surface area contributed by atoms with Crippen molar-refractivity contribution >= 4 is 28.2 Å². The molecule has 7 aromatic rings. The standard InChI is InChI=1S/C42H30N4/c1-42(2)34-21-10-9-20-32(34)38-33-23-24-46(36-22-12-17-29(37(33)36)26-35(38)42)31-19-11-18-30(25-31)41-44-39(27-13-5-3-6-14-27)43-40(45-41)28-15-7-4-8-16-28/h3-26H,1-2H3. The Morgan fingerprint density at radius 3 is 1.87 bits per heavy atom. The fraction of sp³-hybridized carbons (Fsp3) is 0.0714. The van der Waals surface area contributed by atoms with Crippen LogP contribution in [0.4, 0.5) is 11.4 Å². The molecule has 0 atom stereocenters.